The SMILES string of the molecule is CCC1NC(=O)CCN(CCc2ccc(Cl)cc2Cl)C1=O. The van der Waals surface area contributed by atoms with Crippen LogP contribution in [0.2, 0.25) is 10.0 Å². The molecule has 1 heterocycles. The predicted molar refractivity (Wildman–Crippen MR) is 83.6 cm³/mol. The van der Waals surface area contributed by atoms with E-state index in [0.717, 1.165) is 5.56 Å². The van der Waals surface area contributed by atoms with Crippen molar-refractivity contribution in [3.05, 3.63) is 33.8 Å². The van der Waals surface area contributed by atoms with E-state index < -0.39 is 6.04 Å². The fourth-order valence-electron chi connectivity index (χ4n) is 2.37. The number of halogens is 2. The average Bonchev–Trinajstić information content (AvgIpc) is 2.58. The lowest BCUT2D eigenvalue weighted by molar-refractivity contribution is -0.133. The molecule has 1 aromatic carbocycles. The molecule has 4 nitrogen and oxygen atoms in total. The lowest BCUT2D eigenvalue weighted by Gasteiger charge is -2.23. The summed E-state index contributed by atoms with van der Waals surface area (Å²) in [7, 11) is 0. The van der Waals surface area contributed by atoms with Crippen LogP contribution in [-0.4, -0.2) is 35.8 Å². The third kappa shape index (κ3) is 4.11. The van der Waals surface area contributed by atoms with E-state index in [-0.39, 0.29) is 11.8 Å². The minimum absolute atomic E-state index is 0.0200. The molecule has 0 aromatic heterocycles. The van der Waals surface area contributed by atoms with Gasteiger partial charge in [0.05, 0.1) is 0 Å². The quantitative estimate of drug-likeness (QED) is 0.923. The summed E-state index contributed by atoms with van der Waals surface area (Å²) in [5.74, 6) is -0.0874. The summed E-state index contributed by atoms with van der Waals surface area (Å²) < 4.78 is 0. The van der Waals surface area contributed by atoms with Gasteiger partial charge >= 0.3 is 0 Å². The second-order valence-electron chi connectivity index (χ2n) is 5.09. The van der Waals surface area contributed by atoms with Gasteiger partial charge in [-0.1, -0.05) is 36.2 Å². The monoisotopic (exact) mass is 328 g/mol. The van der Waals surface area contributed by atoms with Crippen LogP contribution in [0.1, 0.15) is 25.3 Å². The lowest BCUT2D eigenvalue weighted by atomic mass is 10.1. The molecule has 0 radical (unpaired) electrons. The average molecular weight is 329 g/mol. The van der Waals surface area contributed by atoms with E-state index in [1.807, 2.05) is 13.0 Å². The van der Waals surface area contributed by atoms with Crippen molar-refractivity contribution in [3.8, 4) is 0 Å². The molecular weight excluding hydrogens is 311 g/mol. The van der Waals surface area contributed by atoms with Gasteiger partial charge in [-0.3, -0.25) is 9.59 Å². The smallest absolute Gasteiger partial charge is 0.245 e. The number of nitrogens with zero attached hydrogens (tertiary/aromatic N) is 1. The number of benzene rings is 1. The number of hydrogen-bond donors (Lipinski definition) is 1. The van der Waals surface area contributed by atoms with E-state index in [1.54, 1.807) is 17.0 Å². The zero-order valence-corrected chi connectivity index (χ0v) is 13.4. The molecule has 1 aliphatic rings. The summed E-state index contributed by atoms with van der Waals surface area (Å²) in [6.45, 7) is 2.89. The van der Waals surface area contributed by atoms with Crippen molar-refractivity contribution in [2.24, 2.45) is 0 Å². The highest BCUT2D eigenvalue weighted by atomic mass is 35.5. The van der Waals surface area contributed by atoms with Crippen LogP contribution < -0.4 is 5.32 Å². The number of amides is 2. The minimum atomic E-state index is -0.416. The molecule has 1 fully saturated rings. The third-order valence-corrected chi connectivity index (χ3v) is 4.22. The molecule has 21 heavy (non-hydrogen) atoms. The summed E-state index contributed by atoms with van der Waals surface area (Å²) in [4.78, 5) is 25.7. The molecule has 1 unspecified atom stereocenters. The van der Waals surface area contributed by atoms with Crippen LogP contribution in [-0.2, 0) is 16.0 Å². The van der Waals surface area contributed by atoms with Gasteiger partial charge in [0.1, 0.15) is 6.04 Å². The van der Waals surface area contributed by atoms with Crippen LogP contribution in [0, 0.1) is 0 Å². The van der Waals surface area contributed by atoms with E-state index in [4.69, 9.17) is 23.2 Å². The normalized spacial score (nSPS) is 19.4. The Kier molecular flexibility index (Phi) is 5.48. The standard InChI is InChI=1S/C15H18Cl2N2O2/c1-2-13-15(21)19(8-6-14(20)18-13)7-5-10-3-4-11(16)9-12(10)17/h3-4,9,13H,2,5-8H2,1H3,(H,18,20). The molecule has 0 saturated carbocycles. The highest BCUT2D eigenvalue weighted by Gasteiger charge is 2.28. The molecule has 1 N–H and O–H groups in total. The van der Waals surface area contributed by atoms with E-state index in [9.17, 15) is 9.59 Å². The molecule has 0 bridgehead atoms. The maximum Gasteiger partial charge on any atom is 0.245 e. The highest BCUT2D eigenvalue weighted by Crippen LogP contribution is 2.21. The van der Waals surface area contributed by atoms with Crippen molar-refractivity contribution >= 4 is 35.0 Å². The van der Waals surface area contributed by atoms with Gasteiger partial charge in [-0.25, -0.2) is 0 Å². The Morgan fingerprint density at radius 3 is 2.76 bits per heavy atom. The van der Waals surface area contributed by atoms with Gasteiger partial charge in [0.2, 0.25) is 11.8 Å². The molecule has 1 aliphatic heterocycles. The van der Waals surface area contributed by atoms with Gasteiger partial charge in [0, 0.05) is 29.6 Å². The maximum atomic E-state index is 12.3. The maximum absolute atomic E-state index is 12.3. The second-order valence-corrected chi connectivity index (χ2v) is 5.93. The zero-order chi connectivity index (χ0) is 15.4. The first-order valence-electron chi connectivity index (χ1n) is 7.03. The molecule has 2 amide bonds. The largest absolute Gasteiger partial charge is 0.344 e. The number of carbonyl (C=O) groups is 2. The summed E-state index contributed by atoms with van der Waals surface area (Å²) in [5, 5.41) is 3.95. The van der Waals surface area contributed by atoms with Gasteiger partial charge in [-0.2, -0.15) is 0 Å². The molecule has 1 saturated heterocycles. The van der Waals surface area contributed by atoms with E-state index in [2.05, 4.69) is 5.32 Å². The van der Waals surface area contributed by atoms with Crippen molar-refractivity contribution in [2.45, 2.75) is 32.2 Å². The Balaban J connectivity index is 2.03. The topological polar surface area (TPSA) is 49.4 Å². The molecule has 1 atom stereocenters. The van der Waals surface area contributed by atoms with E-state index in [1.165, 1.54) is 0 Å². The summed E-state index contributed by atoms with van der Waals surface area (Å²) in [6, 6.07) is 4.93. The van der Waals surface area contributed by atoms with Gasteiger partial charge < -0.3 is 10.2 Å². The third-order valence-electron chi connectivity index (χ3n) is 3.63. The Morgan fingerprint density at radius 1 is 1.33 bits per heavy atom. The fourth-order valence-corrected chi connectivity index (χ4v) is 2.88. The fraction of sp³-hybridized carbons (Fsp3) is 0.467. The Labute approximate surface area is 134 Å². The van der Waals surface area contributed by atoms with Gasteiger partial charge in [0.25, 0.3) is 0 Å². The lowest BCUT2D eigenvalue weighted by Crippen LogP contribution is -2.44. The van der Waals surface area contributed by atoms with Gasteiger partial charge in [0.15, 0.2) is 0 Å². The Morgan fingerprint density at radius 2 is 2.10 bits per heavy atom. The number of carbonyl (C=O) groups excluding carboxylic acids is 2. The first-order chi connectivity index (χ1) is 10.0. The van der Waals surface area contributed by atoms with Crippen molar-refractivity contribution in [3.63, 3.8) is 0 Å². The molecule has 1 aromatic rings. The number of rotatable bonds is 4. The van der Waals surface area contributed by atoms with E-state index in [0.29, 0.717) is 42.4 Å². The van der Waals surface area contributed by atoms with Gasteiger partial charge in [-0.15, -0.1) is 0 Å². The van der Waals surface area contributed by atoms with Crippen LogP contribution in [0.3, 0.4) is 0 Å². The van der Waals surface area contributed by atoms with Crippen LogP contribution >= 0.6 is 23.2 Å². The molecule has 114 valence electrons. The van der Waals surface area contributed by atoms with Crippen LogP contribution in [0.15, 0.2) is 18.2 Å². The predicted octanol–water partition coefficient (Wildman–Crippen LogP) is 2.66. The molecular formula is C15H18Cl2N2O2. The Bertz CT molecular complexity index is 548. The van der Waals surface area contributed by atoms with Crippen LogP contribution in [0.5, 0.6) is 0 Å². The zero-order valence-electron chi connectivity index (χ0n) is 11.9. The first kappa shape index (κ1) is 16.1. The Hall–Kier alpha value is -1.26. The summed E-state index contributed by atoms with van der Waals surface area (Å²) in [6.07, 6.45) is 1.59. The summed E-state index contributed by atoms with van der Waals surface area (Å²) >= 11 is 12.0. The second kappa shape index (κ2) is 7.14. The first-order valence-corrected chi connectivity index (χ1v) is 7.79. The van der Waals surface area contributed by atoms with Crippen molar-refractivity contribution in [1.82, 2.24) is 10.2 Å². The van der Waals surface area contributed by atoms with Crippen molar-refractivity contribution in [2.75, 3.05) is 13.1 Å². The van der Waals surface area contributed by atoms with E-state index >= 15 is 0 Å². The highest BCUT2D eigenvalue weighted by molar-refractivity contribution is 6.35. The minimum Gasteiger partial charge on any atom is -0.344 e. The molecule has 2 rings (SSSR count). The van der Waals surface area contributed by atoms with Gasteiger partial charge in [-0.05, 0) is 30.5 Å². The van der Waals surface area contributed by atoms with Crippen LogP contribution in [0.25, 0.3) is 0 Å². The number of nitrogens with one attached hydrogen (secondary N) is 1. The van der Waals surface area contributed by atoms with Crippen LogP contribution in [0.4, 0.5) is 0 Å². The number of hydrogen-bond acceptors (Lipinski definition) is 2. The van der Waals surface area contributed by atoms with Crippen molar-refractivity contribution < 1.29 is 9.59 Å². The van der Waals surface area contributed by atoms with Crippen molar-refractivity contribution in [1.29, 1.82) is 0 Å². The molecule has 6 heteroatoms. The molecule has 0 spiro atoms. The molecule has 0 aliphatic carbocycles. The summed E-state index contributed by atoms with van der Waals surface area (Å²) in [5.41, 5.74) is 0.949.